The molecule has 3 aromatic rings. The van der Waals surface area contributed by atoms with Crippen LogP contribution in [0.1, 0.15) is 46.9 Å². The average molecular weight is 363 g/mol. The Morgan fingerprint density at radius 3 is 2.63 bits per heavy atom. The molecule has 1 amide bonds. The highest BCUT2D eigenvalue weighted by Gasteiger charge is 2.30. The number of amides is 1. The second-order valence-corrected chi connectivity index (χ2v) is 6.89. The maximum atomic E-state index is 12.9. The van der Waals surface area contributed by atoms with E-state index in [2.05, 4.69) is 32.7 Å². The molecule has 0 radical (unpaired) electrons. The summed E-state index contributed by atoms with van der Waals surface area (Å²) in [6.07, 6.45) is 5.00. The molecule has 0 aliphatic heterocycles. The Morgan fingerprint density at radius 2 is 2.00 bits per heavy atom. The first-order chi connectivity index (χ1) is 13.1. The molecule has 2 N–H and O–H groups in total. The molecule has 0 bridgehead atoms. The number of nitrogens with zero attached hydrogens (tertiary/aromatic N) is 3. The van der Waals surface area contributed by atoms with Crippen LogP contribution >= 0.6 is 0 Å². The van der Waals surface area contributed by atoms with Gasteiger partial charge in [-0.2, -0.15) is 10.2 Å². The quantitative estimate of drug-likeness (QED) is 0.728. The number of aromatic nitrogens is 4. The first-order valence-electron chi connectivity index (χ1n) is 9.10. The summed E-state index contributed by atoms with van der Waals surface area (Å²) < 4.78 is 1.55. The van der Waals surface area contributed by atoms with Crippen LogP contribution in [-0.4, -0.2) is 25.9 Å². The van der Waals surface area contributed by atoms with Crippen molar-refractivity contribution in [1.29, 1.82) is 0 Å². The monoisotopic (exact) mass is 363 g/mol. The second-order valence-electron chi connectivity index (χ2n) is 6.89. The van der Waals surface area contributed by atoms with Gasteiger partial charge in [-0.1, -0.05) is 36.8 Å². The Kier molecular flexibility index (Phi) is 4.58. The first-order valence-corrected chi connectivity index (χ1v) is 9.10. The Bertz CT molecular complexity index is 984. The first kappa shape index (κ1) is 17.2. The standard InChI is InChI=1S/C20H21N5O2/c1-13-16(12-21-25(13)17-10-11-18(26)24-23-17)20(27)22-19(15-8-5-9-15)14-6-3-2-4-7-14/h2-4,6-7,10-12,15,19H,5,8-9H2,1H3,(H,22,27)(H,24,26). The van der Waals surface area contributed by atoms with E-state index in [9.17, 15) is 9.59 Å². The third kappa shape index (κ3) is 3.40. The van der Waals surface area contributed by atoms with Gasteiger partial charge in [0.05, 0.1) is 23.5 Å². The minimum absolute atomic E-state index is 0.00130. The molecule has 1 fully saturated rings. The minimum atomic E-state index is -0.285. The fraction of sp³-hybridized carbons (Fsp3) is 0.300. The van der Waals surface area contributed by atoms with Crippen LogP contribution < -0.4 is 10.9 Å². The zero-order valence-corrected chi connectivity index (χ0v) is 15.1. The van der Waals surface area contributed by atoms with Crippen LogP contribution in [0.5, 0.6) is 0 Å². The molecular weight excluding hydrogens is 342 g/mol. The summed E-state index contributed by atoms with van der Waals surface area (Å²) >= 11 is 0. The number of H-pyrrole nitrogens is 1. The third-order valence-corrected chi connectivity index (χ3v) is 5.20. The number of aromatic amines is 1. The normalized spacial score (nSPS) is 15.1. The second kappa shape index (κ2) is 7.19. The Hall–Kier alpha value is -3.22. The van der Waals surface area contributed by atoms with E-state index in [1.54, 1.807) is 16.9 Å². The van der Waals surface area contributed by atoms with Crippen LogP contribution in [0.2, 0.25) is 0 Å². The third-order valence-electron chi connectivity index (χ3n) is 5.20. The van der Waals surface area contributed by atoms with Crippen LogP contribution in [0, 0.1) is 12.8 Å². The summed E-state index contributed by atoms with van der Waals surface area (Å²) in [5, 5.41) is 13.8. The van der Waals surface area contributed by atoms with E-state index in [1.807, 2.05) is 25.1 Å². The van der Waals surface area contributed by atoms with E-state index in [0.29, 0.717) is 23.0 Å². The summed E-state index contributed by atoms with van der Waals surface area (Å²) in [4.78, 5) is 24.1. The summed E-state index contributed by atoms with van der Waals surface area (Å²) in [5.74, 6) is 0.779. The molecule has 1 aliphatic rings. The maximum Gasteiger partial charge on any atom is 0.264 e. The van der Waals surface area contributed by atoms with Gasteiger partial charge >= 0.3 is 0 Å². The van der Waals surface area contributed by atoms with Gasteiger partial charge in [0.15, 0.2) is 5.82 Å². The molecule has 2 heterocycles. The molecule has 1 saturated carbocycles. The van der Waals surface area contributed by atoms with Gasteiger partial charge in [-0.25, -0.2) is 9.78 Å². The van der Waals surface area contributed by atoms with Gasteiger partial charge in [-0.15, -0.1) is 0 Å². The van der Waals surface area contributed by atoms with Crippen LogP contribution in [0.3, 0.4) is 0 Å². The van der Waals surface area contributed by atoms with Gasteiger partial charge in [0.25, 0.3) is 11.5 Å². The molecule has 0 saturated heterocycles. The minimum Gasteiger partial charge on any atom is -0.345 e. The van der Waals surface area contributed by atoms with E-state index in [1.165, 1.54) is 12.5 Å². The number of carbonyl (C=O) groups excluding carboxylic acids is 1. The van der Waals surface area contributed by atoms with Crippen molar-refractivity contribution in [2.75, 3.05) is 0 Å². The lowest BCUT2D eigenvalue weighted by Gasteiger charge is -2.34. The van der Waals surface area contributed by atoms with Gasteiger partial charge in [0.2, 0.25) is 0 Å². The van der Waals surface area contributed by atoms with E-state index < -0.39 is 0 Å². The van der Waals surface area contributed by atoms with Gasteiger partial charge in [0.1, 0.15) is 0 Å². The summed E-state index contributed by atoms with van der Waals surface area (Å²) in [5.41, 5.74) is 2.02. The van der Waals surface area contributed by atoms with Crippen LogP contribution in [-0.2, 0) is 0 Å². The van der Waals surface area contributed by atoms with E-state index >= 15 is 0 Å². The van der Waals surface area contributed by atoms with E-state index in [0.717, 1.165) is 18.4 Å². The predicted molar refractivity (Wildman–Crippen MR) is 101 cm³/mol. The topological polar surface area (TPSA) is 92.7 Å². The van der Waals surface area contributed by atoms with Crippen molar-refractivity contribution >= 4 is 5.91 Å². The van der Waals surface area contributed by atoms with Crippen molar-refractivity contribution in [3.63, 3.8) is 0 Å². The molecule has 4 rings (SSSR count). The smallest absolute Gasteiger partial charge is 0.264 e. The van der Waals surface area contributed by atoms with E-state index in [-0.39, 0.29) is 17.5 Å². The van der Waals surface area contributed by atoms with Gasteiger partial charge in [0, 0.05) is 6.07 Å². The fourth-order valence-electron chi connectivity index (χ4n) is 3.44. The van der Waals surface area contributed by atoms with Crippen molar-refractivity contribution in [3.05, 3.63) is 75.8 Å². The molecule has 1 aliphatic carbocycles. The Balaban J connectivity index is 1.59. The summed E-state index contributed by atoms with van der Waals surface area (Å²) in [6.45, 7) is 1.82. The van der Waals surface area contributed by atoms with Crippen molar-refractivity contribution in [1.82, 2.24) is 25.3 Å². The number of nitrogens with one attached hydrogen (secondary N) is 2. The zero-order chi connectivity index (χ0) is 18.8. The highest BCUT2D eigenvalue weighted by Crippen LogP contribution is 2.37. The summed E-state index contributed by atoms with van der Waals surface area (Å²) in [7, 11) is 0. The molecule has 138 valence electrons. The lowest BCUT2D eigenvalue weighted by atomic mass is 9.77. The van der Waals surface area contributed by atoms with Gasteiger partial charge < -0.3 is 5.32 Å². The van der Waals surface area contributed by atoms with Gasteiger partial charge in [-0.05, 0) is 37.3 Å². The molecule has 0 spiro atoms. The molecule has 7 nitrogen and oxygen atoms in total. The highest BCUT2D eigenvalue weighted by atomic mass is 16.1. The highest BCUT2D eigenvalue weighted by molar-refractivity contribution is 5.95. The SMILES string of the molecule is Cc1c(C(=O)NC(c2ccccc2)C2CCC2)cnn1-c1ccc(=O)[nH]n1. The molecule has 7 heteroatoms. The van der Waals surface area contributed by atoms with E-state index in [4.69, 9.17) is 0 Å². The number of rotatable bonds is 5. The maximum absolute atomic E-state index is 12.9. The number of benzene rings is 1. The molecule has 1 unspecified atom stereocenters. The molecular formula is C20H21N5O2. The Labute approximate surface area is 156 Å². The lowest BCUT2D eigenvalue weighted by Crippen LogP contribution is -2.36. The van der Waals surface area contributed by atoms with Crippen molar-refractivity contribution < 1.29 is 4.79 Å². The average Bonchev–Trinajstić information content (AvgIpc) is 3.02. The van der Waals surface area contributed by atoms with Crippen LogP contribution in [0.25, 0.3) is 5.82 Å². The fourth-order valence-corrected chi connectivity index (χ4v) is 3.44. The van der Waals surface area contributed by atoms with Crippen LogP contribution in [0.4, 0.5) is 0 Å². The van der Waals surface area contributed by atoms with Crippen molar-refractivity contribution in [2.24, 2.45) is 5.92 Å². The van der Waals surface area contributed by atoms with Crippen molar-refractivity contribution in [2.45, 2.75) is 32.2 Å². The molecule has 1 aromatic carbocycles. The predicted octanol–water partition coefficient (Wildman–Crippen LogP) is 2.54. The van der Waals surface area contributed by atoms with Gasteiger partial charge in [-0.3, -0.25) is 9.59 Å². The number of hydrogen-bond acceptors (Lipinski definition) is 4. The molecule has 2 aromatic heterocycles. The Morgan fingerprint density at radius 1 is 1.22 bits per heavy atom. The molecule has 1 atom stereocenters. The lowest BCUT2D eigenvalue weighted by molar-refractivity contribution is 0.0900. The zero-order valence-electron chi connectivity index (χ0n) is 15.1. The summed E-state index contributed by atoms with van der Waals surface area (Å²) in [6, 6.07) is 13.0. The largest absolute Gasteiger partial charge is 0.345 e. The molecule has 27 heavy (non-hydrogen) atoms. The number of carbonyl (C=O) groups is 1. The van der Waals surface area contributed by atoms with Crippen LogP contribution in [0.15, 0.2) is 53.5 Å². The van der Waals surface area contributed by atoms with Crippen molar-refractivity contribution in [3.8, 4) is 5.82 Å². The number of hydrogen-bond donors (Lipinski definition) is 2.